The SMILES string of the molecule is CC(C)C1CC2C(F)CC1CC2C(C)C. The molecule has 3 aliphatic rings. The Morgan fingerprint density at radius 2 is 1.47 bits per heavy atom. The first-order chi connectivity index (χ1) is 7.00. The molecular weight excluding hydrogens is 187 g/mol. The molecule has 3 fully saturated rings. The molecule has 0 N–H and O–H groups in total. The summed E-state index contributed by atoms with van der Waals surface area (Å²) in [5.41, 5.74) is 0. The Kier molecular flexibility index (Phi) is 3.10. The zero-order valence-corrected chi connectivity index (χ0v) is 10.5. The van der Waals surface area contributed by atoms with Crippen LogP contribution in [0.15, 0.2) is 0 Å². The van der Waals surface area contributed by atoms with Crippen molar-refractivity contribution < 1.29 is 4.39 Å². The van der Waals surface area contributed by atoms with Gasteiger partial charge in [-0.25, -0.2) is 4.39 Å². The zero-order chi connectivity index (χ0) is 11.2. The van der Waals surface area contributed by atoms with Gasteiger partial charge in [-0.3, -0.25) is 0 Å². The number of fused-ring (bicyclic) bond motifs is 3. The van der Waals surface area contributed by atoms with E-state index in [-0.39, 0.29) is 0 Å². The second-order valence-corrected chi connectivity index (χ2v) is 6.46. The standard InChI is InChI=1S/C14H25F/c1-8(2)11-7-13-12(9(3)4)5-10(11)6-14(13)15/h8-14H,5-7H2,1-4H3. The van der Waals surface area contributed by atoms with Crippen LogP contribution in [0.5, 0.6) is 0 Å². The van der Waals surface area contributed by atoms with E-state index in [2.05, 4.69) is 27.7 Å². The van der Waals surface area contributed by atoms with Gasteiger partial charge in [-0.2, -0.15) is 0 Å². The number of alkyl halides is 1. The minimum atomic E-state index is -0.494. The van der Waals surface area contributed by atoms with Crippen molar-refractivity contribution in [2.24, 2.45) is 35.5 Å². The summed E-state index contributed by atoms with van der Waals surface area (Å²) in [6, 6.07) is 0. The fraction of sp³-hybridized carbons (Fsp3) is 1.00. The third kappa shape index (κ3) is 1.94. The summed E-state index contributed by atoms with van der Waals surface area (Å²) in [4.78, 5) is 0. The number of hydrogen-bond acceptors (Lipinski definition) is 0. The van der Waals surface area contributed by atoms with Gasteiger partial charge in [-0.05, 0) is 54.8 Å². The molecule has 3 aliphatic carbocycles. The first kappa shape index (κ1) is 11.4. The highest BCUT2D eigenvalue weighted by Crippen LogP contribution is 2.53. The summed E-state index contributed by atoms with van der Waals surface area (Å²) in [6.45, 7) is 9.15. The number of rotatable bonds is 2. The van der Waals surface area contributed by atoms with E-state index in [4.69, 9.17) is 0 Å². The molecule has 0 aromatic rings. The minimum Gasteiger partial charge on any atom is -0.247 e. The molecule has 5 atom stereocenters. The Balaban J connectivity index is 2.11. The first-order valence-corrected chi connectivity index (χ1v) is 6.64. The van der Waals surface area contributed by atoms with Crippen LogP contribution in [0.4, 0.5) is 4.39 Å². The van der Waals surface area contributed by atoms with Gasteiger partial charge in [0.15, 0.2) is 0 Å². The van der Waals surface area contributed by atoms with Gasteiger partial charge >= 0.3 is 0 Å². The molecule has 88 valence electrons. The van der Waals surface area contributed by atoms with Gasteiger partial charge in [-0.15, -0.1) is 0 Å². The summed E-state index contributed by atoms with van der Waals surface area (Å²) < 4.78 is 13.9. The summed E-state index contributed by atoms with van der Waals surface area (Å²) in [5, 5.41) is 0. The van der Waals surface area contributed by atoms with Crippen molar-refractivity contribution in [1.82, 2.24) is 0 Å². The average molecular weight is 212 g/mol. The second kappa shape index (κ2) is 4.07. The highest BCUT2D eigenvalue weighted by atomic mass is 19.1. The summed E-state index contributed by atoms with van der Waals surface area (Å²) in [6.07, 6.45) is 2.82. The maximum Gasteiger partial charge on any atom is 0.103 e. The molecule has 0 amide bonds. The van der Waals surface area contributed by atoms with Crippen molar-refractivity contribution in [3.05, 3.63) is 0 Å². The maximum absolute atomic E-state index is 13.9. The van der Waals surface area contributed by atoms with Crippen LogP contribution in [-0.2, 0) is 0 Å². The lowest BCUT2D eigenvalue weighted by molar-refractivity contribution is -0.0570. The van der Waals surface area contributed by atoms with E-state index in [1.165, 1.54) is 6.42 Å². The third-order valence-corrected chi connectivity index (χ3v) is 4.98. The molecule has 0 spiro atoms. The number of halogens is 1. The highest BCUT2D eigenvalue weighted by Gasteiger charge is 2.48. The summed E-state index contributed by atoms with van der Waals surface area (Å²) in [7, 11) is 0. The Morgan fingerprint density at radius 3 is 1.93 bits per heavy atom. The molecule has 0 heterocycles. The van der Waals surface area contributed by atoms with Crippen molar-refractivity contribution in [3.63, 3.8) is 0 Å². The van der Waals surface area contributed by atoms with Crippen LogP contribution in [0.1, 0.15) is 47.0 Å². The van der Waals surface area contributed by atoms with E-state index in [9.17, 15) is 4.39 Å². The van der Waals surface area contributed by atoms with Crippen LogP contribution >= 0.6 is 0 Å². The highest BCUT2D eigenvalue weighted by molar-refractivity contribution is 4.97. The van der Waals surface area contributed by atoms with E-state index in [0.29, 0.717) is 23.7 Å². The van der Waals surface area contributed by atoms with Crippen molar-refractivity contribution in [2.75, 3.05) is 0 Å². The molecule has 0 saturated heterocycles. The molecule has 3 rings (SSSR count). The third-order valence-electron chi connectivity index (χ3n) is 4.98. The van der Waals surface area contributed by atoms with Crippen LogP contribution in [0, 0.1) is 35.5 Å². The molecule has 1 heteroatoms. The van der Waals surface area contributed by atoms with Gasteiger partial charge in [0.25, 0.3) is 0 Å². The predicted octanol–water partition coefficient (Wildman–Crippen LogP) is 4.30. The monoisotopic (exact) mass is 212 g/mol. The van der Waals surface area contributed by atoms with E-state index >= 15 is 0 Å². The van der Waals surface area contributed by atoms with E-state index in [1.807, 2.05) is 0 Å². The van der Waals surface area contributed by atoms with Crippen LogP contribution < -0.4 is 0 Å². The Morgan fingerprint density at radius 1 is 0.867 bits per heavy atom. The van der Waals surface area contributed by atoms with Crippen LogP contribution in [-0.4, -0.2) is 6.17 Å². The molecule has 3 saturated carbocycles. The van der Waals surface area contributed by atoms with Gasteiger partial charge < -0.3 is 0 Å². The Labute approximate surface area is 93.6 Å². The van der Waals surface area contributed by atoms with E-state index in [0.717, 1.165) is 24.7 Å². The van der Waals surface area contributed by atoms with Gasteiger partial charge in [0.2, 0.25) is 0 Å². The molecule has 0 aliphatic heterocycles. The van der Waals surface area contributed by atoms with Crippen LogP contribution in [0.3, 0.4) is 0 Å². The topological polar surface area (TPSA) is 0 Å². The smallest absolute Gasteiger partial charge is 0.103 e. The molecule has 0 aromatic heterocycles. The maximum atomic E-state index is 13.9. The minimum absolute atomic E-state index is 0.377. The van der Waals surface area contributed by atoms with E-state index in [1.54, 1.807) is 0 Å². The lowest BCUT2D eigenvalue weighted by Gasteiger charge is -2.51. The Bertz CT molecular complexity index is 221. The lowest BCUT2D eigenvalue weighted by atomic mass is 9.55. The van der Waals surface area contributed by atoms with Crippen molar-refractivity contribution in [3.8, 4) is 0 Å². The van der Waals surface area contributed by atoms with Crippen molar-refractivity contribution >= 4 is 0 Å². The molecule has 15 heavy (non-hydrogen) atoms. The normalized spacial score (nSPS) is 45.4. The first-order valence-electron chi connectivity index (χ1n) is 6.64. The van der Waals surface area contributed by atoms with Gasteiger partial charge in [0.05, 0.1) is 0 Å². The predicted molar refractivity (Wildman–Crippen MR) is 62.4 cm³/mol. The average Bonchev–Trinajstić information content (AvgIpc) is 2.16. The number of hydrogen-bond donors (Lipinski definition) is 0. The molecule has 2 bridgehead atoms. The van der Waals surface area contributed by atoms with Crippen LogP contribution in [0.2, 0.25) is 0 Å². The fourth-order valence-electron chi connectivity index (χ4n) is 4.11. The van der Waals surface area contributed by atoms with Crippen molar-refractivity contribution in [2.45, 2.75) is 53.1 Å². The largest absolute Gasteiger partial charge is 0.247 e. The molecule has 0 nitrogen and oxygen atoms in total. The molecule has 0 radical (unpaired) electrons. The van der Waals surface area contributed by atoms with Gasteiger partial charge in [0, 0.05) is 0 Å². The van der Waals surface area contributed by atoms with Gasteiger partial charge in [0.1, 0.15) is 6.17 Å². The van der Waals surface area contributed by atoms with E-state index < -0.39 is 6.17 Å². The molecular formula is C14H25F. The summed E-state index contributed by atoms with van der Waals surface area (Å²) in [5.74, 6) is 3.94. The quantitative estimate of drug-likeness (QED) is 0.640. The molecule has 5 unspecified atom stereocenters. The lowest BCUT2D eigenvalue weighted by Crippen LogP contribution is -2.47. The van der Waals surface area contributed by atoms with Gasteiger partial charge in [-0.1, -0.05) is 27.7 Å². The fourth-order valence-corrected chi connectivity index (χ4v) is 4.11. The summed E-state index contributed by atoms with van der Waals surface area (Å²) >= 11 is 0. The Hall–Kier alpha value is -0.0700. The van der Waals surface area contributed by atoms with Crippen LogP contribution in [0.25, 0.3) is 0 Å². The zero-order valence-electron chi connectivity index (χ0n) is 10.5. The second-order valence-electron chi connectivity index (χ2n) is 6.46. The molecule has 0 aromatic carbocycles. The van der Waals surface area contributed by atoms with Crippen molar-refractivity contribution in [1.29, 1.82) is 0 Å².